The standard InChI is InChI=1S/C19H29NO/c1-15-5-7-16(8-6-15)13-18(20)17-9-12-21-19(14-17)10-3-2-4-11-19/h5-8,17-18H,2-4,9-14,20H2,1H3. The molecule has 0 bridgehead atoms. The lowest BCUT2D eigenvalue weighted by Gasteiger charge is -2.45. The molecule has 2 atom stereocenters. The summed E-state index contributed by atoms with van der Waals surface area (Å²) >= 11 is 0. The van der Waals surface area contributed by atoms with Crippen LogP contribution in [-0.2, 0) is 11.2 Å². The predicted octanol–water partition coefficient (Wildman–Crippen LogP) is 3.99. The Balaban J connectivity index is 1.61. The Morgan fingerprint density at radius 1 is 1.19 bits per heavy atom. The van der Waals surface area contributed by atoms with Crippen LogP contribution in [0.4, 0.5) is 0 Å². The fourth-order valence-electron chi connectivity index (χ4n) is 4.14. The molecule has 0 amide bonds. The van der Waals surface area contributed by atoms with E-state index in [2.05, 4.69) is 31.2 Å². The van der Waals surface area contributed by atoms with Crippen molar-refractivity contribution in [3.63, 3.8) is 0 Å². The second kappa shape index (κ2) is 6.50. The SMILES string of the molecule is Cc1ccc(CC(N)C2CCOC3(CCCCC3)C2)cc1. The molecule has 21 heavy (non-hydrogen) atoms. The van der Waals surface area contributed by atoms with Crippen LogP contribution in [0.5, 0.6) is 0 Å². The predicted molar refractivity (Wildman–Crippen MR) is 87.4 cm³/mol. The van der Waals surface area contributed by atoms with Gasteiger partial charge in [-0.1, -0.05) is 49.1 Å². The highest BCUT2D eigenvalue weighted by Crippen LogP contribution is 2.41. The summed E-state index contributed by atoms with van der Waals surface area (Å²) in [4.78, 5) is 0. The van der Waals surface area contributed by atoms with Gasteiger partial charge >= 0.3 is 0 Å². The summed E-state index contributed by atoms with van der Waals surface area (Å²) in [5.74, 6) is 0.623. The van der Waals surface area contributed by atoms with Crippen LogP contribution in [0.15, 0.2) is 24.3 Å². The van der Waals surface area contributed by atoms with E-state index in [0.29, 0.717) is 5.92 Å². The summed E-state index contributed by atoms with van der Waals surface area (Å²) in [5, 5.41) is 0. The fraction of sp³-hybridized carbons (Fsp3) is 0.684. The Kier molecular flexibility index (Phi) is 4.66. The van der Waals surface area contributed by atoms with E-state index >= 15 is 0 Å². The first-order chi connectivity index (χ1) is 10.2. The number of benzene rings is 1. The summed E-state index contributed by atoms with van der Waals surface area (Å²) in [5.41, 5.74) is 9.42. The number of hydrogen-bond donors (Lipinski definition) is 1. The van der Waals surface area contributed by atoms with E-state index in [1.165, 1.54) is 49.7 Å². The smallest absolute Gasteiger partial charge is 0.0685 e. The van der Waals surface area contributed by atoms with Crippen molar-refractivity contribution in [1.29, 1.82) is 0 Å². The third kappa shape index (κ3) is 3.67. The quantitative estimate of drug-likeness (QED) is 0.912. The van der Waals surface area contributed by atoms with Gasteiger partial charge in [0.25, 0.3) is 0 Å². The van der Waals surface area contributed by atoms with Crippen LogP contribution in [0, 0.1) is 12.8 Å². The number of rotatable bonds is 3. The van der Waals surface area contributed by atoms with Gasteiger partial charge in [0.05, 0.1) is 5.60 Å². The van der Waals surface area contributed by atoms with Gasteiger partial charge in [0.2, 0.25) is 0 Å². The molecule has 2 unspecified atom stereocenters. The Bertz CT molecular complexity index is 442. The van der Waals surface area contributed by atoms with Gasteiger partial charge in [0.15, 0.2) is 0 Å². The molecule has 1 aliphatic carbocycles. The highest BCUT2D eigenvalue weighted by Gasteiger charge is 2.39. The van der Waals surface area contributed by atoms with Gasteiger partial charge in [-0.25, -0.2) is 0 Å². The van der Waals surface area contributed by atoms with Crippen LogP contribution < -0.4 is 5.73 Å². The lowest BCUT2D eigenvalue weighted by molar-refractivity contribution is -0.120. The van der Waals surface area contributed by atoms with Gasteiger partial charge in [-0.2, -0.15) is 0 Å². The van der Waals surface area contributed by atoms with Crippen LogP contribution in [0.25, 0.3) is 0 Å². The highest BCUT2D eigenvalue weighted by atomic mass is 16.5. The molecular formula is C19H29NO. The molecule has 1 spiro atoms. The van der Waals surface area contributed by atoms with Crippen molar-refractivity contribution in [3.8, 4) is 0 Å². The molecule has 1 saturated carbocycles. The van der Waals surface area contributed by atoms with Gasteiger partial charge in [-0.05, 0) is 50.5 Å². The van der Waals surface area contributed by atoms with E-state index in [0.717, 1.165) is 19.4 Å². The summed E-state index contributed by atoms with van der Waals surface area (Å²) in [6, 6.07) is 9.11. The summed E-state index contributed by atoms with van der Waals surface area (Å²) in [6.45, 7) is 3.04. The fourth-order valence-corrected chi connectivity index (χ4v) is 4.14. The number of nitrogens with two attached hydrogens (primary N) is 1. The maximum atomic E-state index is 6.55. The Morgan fingerprint density at radius 3 is 2.62 bits per heavy atom. The molecule has 2 nitrogen and oxygen atoms in total. The van der Waals surface area contributed by atoms with Gasteiger partial charge in [-0.15, -0.1) is 0 Å². The number of hydrogen-bond acceptors (Lipinski definition) is 2. The molecule has 2 heteroatoms. The van der Waals surface area contributed by atoms with Crippen molar-refractivity contribution in [3.05, 3.63) is 35.4 Å². The van der Waals surface area contributed by atoms with Gasteiger partial charge < -0.3 is 10.5 Å². The van der Waals surface area contributed by atoms with E-state index in [4.69, 9.17) is 10.5 Å². The topological polar surface area (TPSA) is 35.2 Å². The Hall–Kier alpha value is -0.860. The van der Waals surface area contributed by atoms with Gasteiger partial charge in [0, 0.05) is 12.6 Å². The van der Waals surface area contributed by atoms with Crippen LogP contribution in [0.1, 0.15) is 56.1 Å². The maximum Gasteiger partial charge on any atom is 0.0685 e. The van der Waals surface area contributed by atoms with Crippen molar-refractivity contribution in [1.82, 2.24) is 0 Å². The first-order valence-electron chi connectivity index (χ1n) is 8.62. The van der Waals surface area contributed by atoms with E-state index < -0.39 is 0 Å². The minimum Gasteiger partial charge on any atom is -0.375 e. The van der Waals surface area contributed by atoms with E-state index in [-0.39, 0.29) is 11.6 Å². The number of ether oxygens (including phenoxy) is 1. The minimum atomic E-state index is 0.173. The van der Waals surface area contributed by atoms with Crippen molar-refractivity contribution in [2.24, 2.45) is 11.7 Å². The molecule has 1 heterocycles. The molecule has 1 saturated heterocycles. The lowest BCUT2D eigenvalue weighted by atomic mass is 9.73. The van der Waals surface area contributed by atoms with E-state index in [1.54, 1.807) is 0 Å². The monoisotopic (exact) mass is 287 g/mol. The zero-order chi connectivity index (χ0) is 14.7. The normalized spacial score (nSPS) is 26.7. The van der Waals surface area contributed by atoms with Crippen LogP contribution in [0.2, 0.25) is 0 Å². The molecule has 1 aromatic rings. The molecule has 0 aromatic heterocycles. The average Bonchev–Trinajstić information content (AvgIpc) is 2.50. The van der Waals surface area contributed by atoms with Gasteiger partial charge in [-0.3, -0.25) is 0 Å². The van der Waals surface area contributed by atoms with Crippen molar-refractivity contribution < 1.29 is 4.74 Å². The van der Waals surface area contributed by atoms with Crippen molar-refractivity contribution in [2.45, 2.75) is 69.9 Å². The highest BCUT2D eigenvalue weighted by molar-refractivity contribution is 5.22. The van der Waals surface area contributed by atoms with Crippen LogP contribution in [-0.4, -0.2) is 18.2 Å². The van der Waals surface area contributed by atoms with Gasteiger partial charge in [0.1, 0.15) is 0 Å². The summed E-state index contributed by atoms with van der Waals surface area (Å²) in [7, 11) is 0. The van der Waals surface area contributed by atoms with E-state index in [1.807, 2.05) is 0 Å². The van der Waals surface area contributed by atoms with Crippen LogP contribution in [0.3, 0.4) is 0 Å². The maximum absolute atomic E-state index is 6.55. The first-order valence-corrected chi connectivity index (χ1v) is 8.62. The third-order valence-corrected chi connectivity index (χ3v) is 5.49. The molecular weight excluding hydrogens is 258 g/mol. The summed E-state index contributed by atoms with van der Waals surface area (Å²) < 4.78 is 6.20. The molecule has 3 rings (SSSR count). The second-order valence-electron chi connectivity index (χ2n) is 7.20. The molecule has 2 N–H and O–H groups in total. The molecule has 116 valence electrons. The zero-order valence-electron chi connectivity index (χ0n) is 13.3. The summed E-state index contributed by atoms with van der Waals surface area (Å²) in [6.07, 6.45) is 9.86. The van der Waals surface area contributed by atoms with E-state index in [9.17, 15) is 0 Å². The van der Waals surface area contributed by atoms with Crippen LogP contribution >= 0.6 is 0 Å². The molecule has 1 aliphatic heterocycles. The first kappa shape index (κ1) is 15.1. The molecule has 0 radical (unpaired) electrons. The minimum absolute atomic E-state index is 0.173. The Morgan fingerprint density at radius 2 is 1.90 bits per heavy atom. The van der Waals surface area contributed by atoms with Crippen molar-refractivity contribution in [2.75, 3.05) is 6.61 Å². The third-order valence-electron chi connectivity index (χ3n) is 5.49. The van der Waals surface area contributed by atoms with Crippen molar-refractivity contribution >= 4 is 0 Å². The Labute approximate surface area is 129 Å². The lowest BCUT2D eigenvalue weighted by Crippen LogP contribution is -2.46. The number of aryl methyl sites for hydroxylation is 1. The zero-order valence-corrected chi connectivity index (χ0v) is 13.3. The second-order valence-corrected chi connectivity index (χ2v) is 7.20. The molecule has 1 aromatic carbocycles. The average molecular weight is 287 g/mol. The molecule has 2 aliphatic rings. The molecule has 2 fully saturated rings. The largest absolute Gasteiger partial charge is 0.375 e.